The zero-order valence-corrected chi connectivity index (χ0v) is 16.8. The van der Waals surface area contributed by atoms with Crippen LogP contribution in [0.15, 0.2) is 66.3 Å². The standard InChI is InChI=1S/C22H17N3O4S/c1-28-22(27)15-7-9-16(10-8-15)25-18(26)11-29-20-19-17(14-5-3-2-4-6-14)12-30-21(19)24-13-23-20/h2-10,12-13H,11H2,1H3,(H,25,26). The Kier molecular flexibility index (Phi) is 5.67. The second-order valence-electron chi connectivity index (χ2n) is 6.28. The van der Waals surface area contributed by atoms with Crippen LogP contribution >= 0.6 is 11.3 Å². The quantitative estimate of drug-likeness (QED) is 0.472. The molecule has 0 spiro atoms. The normalized spacial score (nSPS) is 10.6. The molecule has 0 unspecified atom stereocenters. The van der Waals surface area contributed by atoms with E-state index < -0.39 is 5.97 Å². The Morgan fingerprint density at radius 1 is 1.03 bits per heavy atom. The average molecular weight is 419 g/mol. The number of aromatic nitrogens is 2. The van der Waals surface area contributed by atoms with Gasteiger partial charge in [-0.2, -0.15) is 0 Å². The van der Waals surface area contributed by atoms with Gasteiger partial charge in [-0.05, 0) is 29.8 Å². The summed E-state index contributed by atoms with van der Waals surface area (Å²) in [7, 11) is 1.32. The van der Waals surface area contributed by atoms with E-state index in [1.807, 2.05) is 35.7 Å². The van der Waals surface area contributed by atoms with Crippen molar-refractivity contribution >= 4 is 39.1 Å². The largest absolute Gasteiger partial charge is 0.467 e. The van der Waals surface area contributed by atoms with E-state index in [-0.39, 0.29) is 12.5 Å². The monoisotopic (exact) mass is 419 g/mol. The number of nitrogens with one attached hydrogen (secondary N) is 1. The van der Waals surface area contributed by atoms with Gasteiger partial charge in [0, 0.05) is 16.6 Å². The summed E-state index contributed by atoms with van der Waals surface area (Å²) in [5, 5.41) is 5.51. The topological polar surface area (TPSA) is 90.4 Å². The molecule has 0 atom stereocenters. The molecule has 30 heavy (non-hydrogen) atoms. The molecule has 0 bridgehead atoms. The summed E-state index contributed by atoms with van der Waals surface area (Å²) in [6.45, 7) is -0.213. The van der Waals surface area contributed by atoms with Gasteiger partial charge in [0.1, 0.15) is 11.2 Å². The van der Waals surface area contributed by atoms with Crippen molar-refractivity contribution in [3.63, 3.8) is 0 Å². The van der Waals surface area contributed by atoms with E-state index in [0.29, 0.717) is 17.1 Å². The molecule has 0 aliphatic carbocycles. The first-order valence-corrected chi connectivity index (χ1v) is 9.92. The highest BCUT2D eigenvalue weighted by atomic mass is 32.1. The molecule has 0 aliphatic rings. The number of hydrogen-bond acceptors (Lipinski definition) is 7. The SMILES string of the molecule is COC(=O)c1ccc(NC(=O)COc2ncnc3scc(-c4ccccc4)c23)cc1. The minimum atomic E-state index is -0.436. The number of anilines is 1. The fraction of sp³-hybridized carbons (Fsp3) is 0.0909. The summed E-state index contributed by atoms with van der Waals surface area (Å²) in [5.74, 6) is -0.422. The van der Waals surface area contributed by atoms with Crippen molar-refractivity contribution in [2.75, 3.05) is 19.0 Å². The highest BCUT2D eigenvalue weighted by molar-refractivity contribution is 7.17. The van der Waals surface area contributed by atoms with Gasteiger partial charge in [-0.25, -0.2) is 14.8 Å². The van der Waals surface area contributed by atoms with E-state index in [9.17, 15) is 9.59 Å². The van der Waals surface area contributed by atoms with Crippen LogP contribution in [-0.2, 0) is 9.53 Å². The third kappa shape index (κ3) is 4.13. The minimum Gasteiger partial charge on any atom is -0.467 e. The third-order valence-electron chi connectivity index (χ3n) is 4.35. The molecule has 0 saturated heterocycles. The number of esters is 1. The molecule has 4 rings (SSSR count). The van der Waals surface area contributed by atoms with Gasteiger partial charge in [0.25, 0.3) is 5.91 Å². The van der Waals surface area contributed by atoms with Crippen molar-refractivity contribution in [2.45, 2.75) is 0 Å². The molecule has 2 heterocycles. The van der Waals surface area contributed by atoms with E-state index in [1.165, 1.54) is 24.8 Å². The third-order valence-corrected chi connectivity index (χ3v) is 5.24. The van der Waals surface area contributed by atoms with Crippen LogP contribution in [0.3, 0.4) is 0 Å². The van der Waals surface area contributed by atoms with Gasteiger partial charge in [-0.15, -0.1) is 11.3 Å². The number of methoxy groups -OCH3 is 1. The van der Waals surface area contributed by atoms with Gasteiger partial charge in [0.15, 0.2) is 6.61 Å². The molecule has 8 heteroatoms. The van der Waals surface area contributed by atoms with Gasteiger partial charge < -0.3 is 14.8 Å². The molecule has 0 aliphatic heterocycles. The maximum absolute atomic E-state index is 12.3. The lowest BCUT2D eigenvalue weighted by molar-refractivity contribution is -0.118. The predicted octanol–water partition coefficient (Wildman–Crippen LogP) is 4.16. The molecule has 0 fully saturated rings. The fourth-order valence-electron chi connectivity index (χ4n) is 2.93. The van der Waals surface area contributed by atoms with Gasteiger partial charge in [-0.1, -0.05) is 30.3 Å². The van der Waals surface area contributed by atoms with E-state index in [0.717, 1.165) is 21.3 Å². The summed E-state index contributed by atoms with van der Waals surface area (Å²) in [4.78, 5) is 33.1. The van der Waals surface area contributed by atoms with Crippen LogP contribution in [0.5, 0.6) is 5.88 Å². The predicted molar refractivity (Wildman–Crippen MR) is 115 cm³/mol. The van der Waals surface area contributed by atoms with E-state index in [1.54, 1.807) is 24.3 Å². The van der Waals surface area contributed by atoms with Crippen molar-refractivity contribution in [3.05, 3.63) is 71.9 Å². The van der Waals surface area contributed by atoms with Gasteiger partial charge in [-0.3, -0.25) is 4.79 Å². The minimum absolute atomic E-state index is 0.213. The number of amides is 1. The molecular formula is C22H17N3O4S. The molecule has 150 valence electrons. The summed E-state index contributed by atoms with van der Waals surface area (Å²) >= 11 is 1.50. The van der Waals surface area contributed by atoms with Crippen LogP contribution in [0, 0.1) is 0 Å². The molecule has 1 N–H and O–H groups in total. The lowest BCUT2D eigenvalue weighted by Crippen LogP contribution is -2.20. The summed E-state index contributed by atoms with van der Waals surface area (Å²) < 4.78 is 10.4. The lowest BCUT2D eigenvalue weighted by Gasteiger charge is -2.09. The van der Waals surface area contributed by atoms with Gasteiger partial charge >= 0.3 is 5.97 Å². The number of benzene rings is 2. The average Bonchev–Trinajstić information content (AvgIpc) is 3.23. The molecule has 2 aromatic carbocycles. The zero-order valence-electron chi connectivity index (χ0n) is 16.0. The van der Waals surface area contributed by atoms with Crippen LogP contribution in [0.2, 0.25) is 0 Å². The zero-order chi connectivity index (χ0) is 20.9. The van der Waals surface area contributed by atoms with Crippen LogP contribution in [0.25, 0.3) is 21.3 Å². The Hall–Kier alpha value is -3.78. The first kappa shape index (κ1) is 19.5. The second-order valence-corrected chi connectivity index (χ2v) is 7.14. The summed E-state index contributed by atoms with van der Waals surface area (Å²) in [6.07, 6.45) is 1.42. The Morgan fingerprint density at radius 2 is 1.80 bits per heavy atom. The van der Waals surface area contributed by atoms with E-state index in [2.05, 4.69) is 20.0 Å². The van der Waals surface area contributed by atoms with Crippen LogP contribution in [0.1, 0.15) is 10.4 Å². The summed E-state index contributed by atoms with van der Waals surface area (Å²) in [6, 6.07) is 16.3. The first-order chi connectivity index (χ1) is 14.7. The number of rotatable bonds is 6. The van der Waals surface area contributed by atoms with Crippen LogP contribution < -0.4 is 10.1 Å². The van der Waals surface area contributed by atoms with E-state index in [4.69, 9.17) is 4.74 Å². The maximum atomic E-state index is 12.3. The number of hydrogen-bond donors (Lipinski definition) is 1. The fourth-order valence-corrected chi connectivity index (χ4v) is 3.83. The first-order valence-electron chi connectivity index (χ1n) is 9.04. The molecule has 4 aromatic rings. The molecule has 7 nitrogen and oxygen atoms in total. The summed E-state index contributed by atoms with van der Waals surface area (Å²) in [5.41, 5.74) is 2.94. The maximum Gasteiger partial charge on any atom is 0.337 e. The Bertz CT molecular complexity index is 1190. The second kappa shape index (κ2) is 8.71. The van der Waals surface area contributed by atoms with Crippen molar-refractivity contribution < 1.29 is 19.1 Å². The molecular weight excluding hydrogens is 402 g/mol. The molecule has 0 saturated carbocycles. The van der Waals surface area contributed by atoms with Gasteiger partial charge in [0.05, 0.1) is 18.1 Å². The van der Waals surface area contributed by atoms with Crippen molar-refractivity contribution in [2.24, 2.45) is 0 Å². The number of ether oxygens (including phenoxy) is 2. The Balaban J connectivity index is 1.48. The van der Waals surface area contributed by atoms with Crippen LogP contribution in [0.4, 0.5) is 5.69 Å². The van der Waals surface area contributed by atoms with Gasteiger partial charge in [0.2, 0.25) is 5.88 Å². The van der Waals surface area contributed by atoms with Crippen molar-refractivity contribution in [1.29, 1.82) is 0 Å². The smallest absolute Gasteiger partial charge is 0.337 e. The number of nitrogens with zero attached hydrogens (tertiary/aromatic N) is 2. The lowest BCUT2D eigenvalue weighted by atomic mass is 10.1. The number of carbonyl (C=O) groups is 2. The Morgan fingerprint density at radius 3 is 2.53 bits per heavy atom. The van der Waals surface area contributed by atoms with E-state index >= 15 is 0 Å². The van der Waals surface area contributed by atoms with Crippen molar-refractivity contribution in [3.8, 4) is 17.0 Å². The molecule has 1 amide bonds. The highest BCUT2D eigenvalue weighted by Gasteiger charge is 2.15. The molecule has 0 radical (unpaired) electrons. The van der Waals surface area contributed by atoms with Crippen LogP contribution in [-0.4, -0.2) is 35.6 Å². The molecule has 2 aromatic heterocycles. The number of carbonyl (C=O) groups excluding carboxylic acids is 2. The highest BCUT2D eigenvalue weighted by Crippen LogP contribution is 2.37. The Labute approximate surface area is 176 Å². The number of fused-ring (bicyclic) bond motifs is 1. The number of thiophene rings is 1. The van der Waals surface area contributed by atoms with Crippen molar-refractivity contribution in [1.82, 2.24) is 9.97 Å².